The molecule has 13 heavy (non-hydrogen) atoms. The van der Waals surface area contributed by atoms with Crippen LogP contribution in [0.4, 0.5) is 0 Å². The lowest BCUT2D eigenvalue weighted by atomic mass is 9.81. The molecule has 3 aliphatic rings. The number of rotatable bonds is 3. The van der Waals surface area contributed by atoms with Crippen LogP contribution in [-0.4, -0.2) is 6.54 Å². The summed E-state index contributed by atoms with van der Waals surface area (Å²) >= 11 is 0. The molecule has 2 bridgehead atoms. The van der Waals surface area contributed by atoms with E-state index >= 15 is 0 Å². The van der Waals surface area contributed by atoms with Gasteiger partial charge in [0.15, 0.2) is 0 Å². The van der Waals surface area contributed by atoms with E-state index in [-0.39, 0.29) is 0 Å². The zero-order valence-electron chi connectivity index (χ0n) is 8.47. The van der Waals surface area contributed by atoms with Crippen molar-refractivity contribution < 1.29 is 0 Å². The second-order valence-electron chi connectivity index (χ2n) is 5.84. The highest BCUT2D eigenvalue weighted by atomic mass is 14.7. The van der Waals surface area contributed by atoms with Crippen LogP contribution in [-0.2, 0) is 0 Å². The van der Waals surface area contributed by atoms with Crippen molar-refractivity contribution in [1.82, 2.24) is 0 Å². The highest BCUT2D eigenvalue weighted by Crippen LogP contribution is 2.57. The third kappa shape index (κ3) is 1.32. The molecular weight excluding hydrogens is 158 g/mol. The Morgan fingerprint density at radius 2 is 2.00 bits per heavy atom. The fourth-order valence-corrected chi connectivity index (χ4v) is 3.85. The van der Waals surface area contributed by atoms with Gasteiger partial charge in [0, 0.05) is 0 Å². The Bertz CT molecular complexity index is 207. The highest BCUT2D eigenvalue weighted by Gasteiger charge is 2.48. The Hall–Kier alpha value is -0.0400. The summed E-state index contributed by atoms with van der Waals surface area (Å²) in [5.41, 5.74) is 6.48. The molecule has 3 unspecified atom stereocenters. The smallest absolute Gasteiger partial charge is 0.00204 e. The fourth-order valence-electron chi connectivity index (χ4n) is 3.85. The van der Waals surface area contributed by atoms with Crippen LogP contribution in [0.2, 0.25) is 0 Å². The first-order valence-electron chi connectivity index (χ1n) is 6.01. The first kappa shape index (κ1) is 8.28. The molecule has 0 aromatic heterocycles. The van der Waals surface area contributed by atoms with Gasteiger partial charge in [-0.05, 0) is 68.2 Å². The predicted molar refractivity (Wildman–Crippen MR) is 54.3 cm³/mol. The minimum Gasteiger partial charge on any atom is -0.330 e. The van der Waals surface area contributed by atoms with Crippen molar-refractivity contribution in [3.8, 4) is 0 Å². The molecule has 0 heterocycles. The molecular formula is C12H21N. The maximum absolute atomic E-state index is 5.85. The van der Waals surface area contributed by atoms with Gasteiger partial charge in [0.1, 0.15) is 0 Å². The van der Waals surface area contributed by atoms with E-state index in [9.17, 15) is 0 Å². The monoisotopic (exact) mass is 179 g/mol. The van der Waals surface area contributed by atoms with E-state index in [0.29, 0.717) is 5.41 Å². The summed E-state index contributed by atoms with van der Waals surface area (Å²) in [6.45, 7) is 0.959. The summed E-state index contributed by atoms with van der Waals surface area (Å²) in [5, 5.41) is 0. The molecule has 3 rings (SSSR count). The van der Waals surface area contributed by atoms with Crippen LogP contribution in [0.5, 0.6) is 0 Å². The zero-order valence-corrected chi connectivity index (χ0v) is 8.47. The zero-order chi connectivity index (χ0) is 8.89. The van der Waals surface area contributed by atoms with Crippen molar-refractivity contribution in [3.63, 3.8) is 0 Å². The minimum absolute atomic E-state index is 0.634. The minimum atomic E-state index is 0.634. The van der Waals surface area contributed by atoms with Crippen molar-refractivity contribution in [2.45, 2.75) is 44.9 Å². The Kier molecular flexibility index (Phi) is 1.74. The molecule has 3 aliphatic carbocycles. The fraction of sp³-hybridized carbons (Fsp3) is 1.00. The van der Waals surface area contributed by atoms with Crippen LogP contribution in [0.1, 0.15) is 44.9 Å². The second kappa shape index (κ2) is 2.73. The van der Waals surface area contributed by atoms with E-state index in [0.717, 1.165) is 24.3 Å². The maximum atomic E-state index is 5.85. The third-order valence-corrected chi connectivity index (χ3v) is 4.97. The van der Waals surface area contributed by atoms with Gasteiger partial charge in [0.25, 0.3) is 0 Å². The van der Waals surface area contributed by atoms with Gasteiger partial charge in [0.2, 0.25) is 0 Å². The molecule has 0 aromatic carbocycles. The largest absolute Gasteiger partial charge is 0.330 e. The quantitative estimate of drug-likeness (QED) is 0.708. The lowest BCUT2D eigenvalue weighted by Gasteiger charge is -2.25. The molecule has 0 aromatic rings. The Morgan fingerprint density at radius 1 is 1.15 bits per heavy atom. The van der Waals surface area contributed by atoms with Gasteiger partial charge in [0.05, 0.1) is 0 Å². The van der Waals surface area contributed by atoms with Crippen molar-refractivity contribution in [1.29, 1.82) is 0 Å². The first-order valence-corrected chi connectivity index (χ1v) is 6.01. The average molecular weight is 179 g/mol. The van der Waals surface area contributed by atoms with Crippen LogP contribution >= 0.6 is 0 Å². The van der Waals surface area contributed by atoms with E-state index in [1.807, 2.05) is 0 Å². The van der Waals surface area contributed by atoms with Gasteiger partial charge >= 0.3 is 0 Å². The Labute approximate surface area is 81.1 Å². The van der Waals surface area contributed by atoms with Crippen LogP contribution in [0, 0.1) is 23.2 Å². The molecule has 3 saturated carbocycles. The summed E-state index contributed by atoms with van der Waals surface area (Å²) in [4.78, 5) is 0. The van der Waals surface area contributed by atoms with E-state index in [1.165, 1.54) is 32.1 Å². The summed E-state index contributed by atoms with van der Waals surface area (Å²) in [6, 6.07) is 0. The number of hydrogen-bond acceptors (Lipinski definition) is 1. The summed E-state index contributed by atoms with van der Waals surface area (Å²) < 4.78 is 0. The number of nitrogens with two attached hydrogens (primary N) is 1. The first-order chi connectivity index (χ1) is 6.31. The van der Waals surface area contributed by atoms with Crippen molar-refractivity contribution in [2.24, 2.45) is 28.9 Å². The van der Waals surface area contributed by atoms with E-state index in [1.54, 1.807) is 12.8 Å². The summed E-state index contributed by atoms with van der Waals surface area (Å²) in [7, 11) is 0. The van der Waals surface area contributed by atoms with Gasteiger partial charge in [-0.1, -0.05) is 6.42 Å². The van der Waals surface area contributed by atoms with Crippen LogP contribution < -0.4 is 5.73 Å². The molecule has 0 radical (unpaired) electrons. The topological polar surface area (TPSA) is 26.0 Å². The van der Waals surface area contributed by atoms with E-state index in [4.69, 9.17) is 5.73 Å². The molecule has 1 heteroatoms. The van der Waals surface area contributed by atoms with Crippen LogP contribution in [0.25, 0.3) is 0 Å². The molecule has 2 N–H and O–H groups in total. The second-order valence-corrected chi connectivity index (χ2v) is 5.84. The Balaban J connectivity index is 1.62. The van der Waals surface area contributed by atoms with Gasteiger partial charge in [-0.3, -0.25) is 0 Å². The SMILES string of the molecule is NCC1(CC2CC3CCC2C3)CC1. The van der Waals surface area contributed by atoms with Gasteiger partial charge < -0.3 is 5.73 Å². The summed E-state index contributed by atoms with van der Waals surface area (Å²) in [6.07, 6.45) is 10.5. The van der Waals surface area contributed by atoms with Crippen molar-refractivity contribution >= 4 is 0 Å². The lowest BCUT2D eigenvalue weighted by molar-refractivity contribution is 0.259. The summed E-state index contributed by atoms with van der Waals surface area (Å²) in [5.74, 6) is 3.29. The number of fused-ring (bicyclic) bond motifs is 2. The van der Waals surface area contributed by atoms with Crippen molar-refractivity contribution in [3.05, 3.63) is 0 Å². The molecule has 0 saturated heterocycles. The van der Waals surface area contributed by atoms with Crippen LogP contribution in [0.15, 0.2) is 0 Å². The highest BCUT2D eigenvalue weighted by molar-refractivity contribution is 5.00. The standard InChI is InChI=1S/C12H21N/c13-8-12(3-4-12)7-11-6-9-1-2-10(11)5-9/h9-11H,1-8,13H2. The average Bonchev–Trinajstić information content (AvgIpc) is 2.62. The molecule has 1 nitrogen and oxygen atoms in total. The molecule has 0 spiro atoms. The van der Waals surface area contributed by atoms with Crippen LogP contribution in [0.3, 0.4) is 0 Å². The predicted octanol–water partition coefficient (Wildman–Crippen LogP) is 2.55. The Morgan fingerprint density at radius 3 is 2.46 bits per heavy atom. The molecule has 0 aliphatic heterocycles. The van der Waals surface area contributed by atoms with E-state index in [2.05, 4.69) is 0 Å². The molecule has 74 valence electrons. The number of hydrogen-bond donors (Lipinski definition) is 1. The lowest BCUT2D eigenvalue weighted by Crippen LogP contribution is -2.22. The molecule has 0 amide bonds. The van der Waals surface area contributed by atoms with Gasteiger partial charge in [-0.2, -0.15) is 0 Å². The normalized spacial score (nSPS) is 45.5. The molecule has 3 fully saturated rings. The van der Waals surface area contributed by atoms with Gasteiger partial charge in [-0.25, -0.2) is 0 Å². The van der Waals surface area contributed by atoms with Gasteiger partial charge in [-0.15, -0.1) is 0 Å². The molecule has 3 atom stereocenters. The van der Waals surface area contributed by atoms with Crippen molar-refractivity contribution in [2.75, 3.05) is 6.54 Å². The maximum Gasteiger partial charge on any atom is -0.00204 e. The third-order valence-electron chi connectivity index (χ3n) is 4.97. The van der Waals surface area contributed by atoms with E-state index < -0.39 is 0 Å².